The fourth-order valence-corrected chi connectivity index (χ4v) is 4.68. The predicted molar refractivity (Wildman–Crippen MR) is 115 cm³/mol. The Kier molecular flexibility index (Phi) is 8.49. The fourth-order valence-electron chi connectivity index (χ4n) is 3.73. The zero-order valence-corrected chi connectivity index (χ0v) is 18.0. The number of amides is 1. The van der Waals surface area contributed by atoms with E-state index < -0.39 is 10.8 Å². The third-order valence-corrected chi connectivity index (χ3v) is 6.70. The van der Waals surface area contributed by atoms with Crippen molar-refractivity contribution in [3.8, 4) is 0 Å². The molecule has 1 unspecified atom stereocenters. The topological polar surface area (TPSA) is 74.2 Å². The zero-order chi connectivity index (χ0) is 20.5. The van der Waals surface area contributed by atoms with Crippen molar-refractivity contribution < 1.29 is 13.7 Å². The van der Waals surface area contributed by atoms with E-state index in [0.717, 1.165) is 43.3 Å². The molecule has 8 heteroatoms. The highest BCUT2D eigenvalue weighted by Gasteiger charge is 2.30. The monoisotopic (exact) mass is 420 g/mol. The summed E-state index contributed by atoms with van der Waals surface area (Å²) in [6, 6.07) is 9.52. The number of morpholine rings is 1. The molecule has 0 spiro atoms. The minimum absolute atomic E-state index is 0.0952. The third kappa shape index (κ3) is 6.27. The van der Waals surface area contributed by atoms with Crippen LogP contribution in [0.5, 0.6) is 0 Å². The molecule has 3 rings (SSSR count). The number of aliphatic imine (C=N–C) groups is 1. The van der Waals surface area contributed by atoms with Gasteiger partial charge in [0.2, 0.25) is 5.91 Å². The van der Waals surface area contributed by atoms with Gasteiger partial charge in [0, 0.05) is 49.3 Å². The van der Waals surface area contributed by atoms with Gasteiger partial charge in [0.1, 0.15) is 0 Å². The van der Waals surface area contributed by atoms with Crippen molar-refractivity contribution in [3.63, 3.8) is 0 Å². The van der Waals surface area contributed by atoms with Crippen molar-refractivity contribution in [2.24, 2.45) is 10.9 Å². The predicted octanol–water partition coefficient (Wildman–Crippen LogP) is 1.33. The van der Waals surface area contributed by atoms with E-state index in [2.05, 4.69) is 15.2 Å². The molecule has 7 nitrogen and oxygen atoms in total. The van der Waals surface area contributed by atoms with E-state index in [0.29, 0.717) is 38.6 Å². The van der Waals surface area contributed by atoms with Crippen LogP contribution in [0, 0.1) is 5.92 Å². The summed E-state index contributed by atoms with van der Waals surface area (Å²) in [5, 5.41) is 3.34. The van der Waals surface area contributed by atoms with Gasteiger partial charge in [0.25, 0.3) is 0 Å². The second kappa shape index (κ2) is 11.3. The van der Waals surface area contributed by atoms with Crippen LogP contribution >= 0.6 is 0 Å². The Balaban J connectivity index is 1.50. The standard InChI is InChI=1S/C21H32N4O3S/c1-2-22-21(23-10-17-29(27)19-6-4-3-5-7-19)25-11-8-18(9-12-25)20(26)24-13-15-28-16-14-24/h3-7,18H,2,8-17H2,1H3,(H,22,23). The molecule has 1 amide bonds. The van der Waals surface area contributed by atoms with Gasteiger partial charge in [-0.2, -0.15) is 0 Å². The maximum absolute atomic E-state index is 12.7. The van der Waals surface area contributed by atoms with Crippen molar-refractivity contribution in [3.05, 3.63) is 30.3 Å². The summed E-state index contributed by atoms with van der Waals surface area (Å²) in [4.78, 5) is 22.4. The van der Waals surface area contributed by atoms with Crippen molar-refractivity contribution in [1.29, 1.82) is 0 Å². The molecule has 0 bridgehead atoms. The molecule has 160 valence electrons. The Labute approximate surface area is 176 Å². The van der Waals surface area contributed by atoms with E-state index in [-0.39, 0.29) is 11.8 Å². The van der Waals surface area contributed by atoms with Gasteiger partial charge in [-0.15, -0.1) is 0 Å². The molecule has 0 aliphatic carbocycles. The summed E-state index contributed by atoms with van der Waals surface area (Å²) >= 11 is 0. The maximum Gasteiger partial charge on any atom is 0.225 e. The summed E-state index contributed by atoms with van der Waals surface area (Å²) in [6.07, 6.45) is 1.69. The first kappa shape index (κ1) is 21.8. The molecule has 1 N–H and O–H groups in total. The van der Waals surface area contributed by atoms with Crippen LogP contribution in [-0.2, 0) is 20.3 Å². The number of nitrogens with zero attached hydrogens (tertiary/aromatic N) is 3. The van der Waals surface area contributed by atoms with Gasteiger partial charge in [-0.1, -0.05) is 18.2 Å². The first-order valence-corrected chi connectivity index (χ1v) is 11.8. The van der Waals surface area contributed by atoms with Gasteiger partial charge in [-0.3, -0.25) is 14.0 Å². The van der Waals surface area contributed by atoms with Crippen LogP contribution in [0.1, 0.15) is 19.8 Å². The normalized spacial score (nSPS) is 19.8. The van der Waals surface area contributed by atoms with E-state index >= 15 is 0 Å². The molecule has 2 heterocycles. The lowest BCUT2D eigenvalue weighted by Gasteiger charge is -2.36. The molecule has 1 aromatic carbocycles. The number of benzene rings is 1. The molecule has 2 fully saturated rings. The number of nitrogens with one attached hydrogen (secondary N) is 1. The minimum Gasteiger partial charge on any atom is -0.378 e. The summed E-state index contributed by atoms with van der Waals surface area (Å²) in [7, 11) is -1.04. The van der Waals surface area contributed by atoms with Gasteiger partial charge in [-0.05, 0) is 31.9 Å². The SMILES string of the molecule is CCNC(=NCCS(=O)c1ccccc1)N1CCC(C(=O)N2CCOCC2)CC1. The number of hydrogen-bond acceptors (Lipinski definition) is 4. The van der Waals surface area contributed by atoms with E-state index in [9.17, 15) is 9.00 Å². The average molecular weight is 421 g/mol. The number of guanidine groups is 1. The van der Waals surface area contributed by atoms with Crippen molar-refractivity contribution >= 4 is 22.7 Å². The van der Waals surface area contributed by atoms with Crippen LogP contribution in [0.4, 0.5) is 0 Å². The molecule has 2 aliphatic heterocycles. The van der Waals surface area contributed by atoms with Crippen LogP contribution < -0.4 is 5.32 Å². The lowest BCUT2D eigenvalue weighted by atomic mass is 9.95. The quantitative estimate of drug-likeness (QED) is 0.555. The minimum atomic E-state index is -1.04. The molecule has 0 radical (unpaired) electrons. The lowest BCUT2D eigenvalue weighted by molar-refractivity contribution is -0.140. The second-order valence-corrected chi connectivity index (χ2v) is 8.87. The summed E-state index contributed by atoms with van der Waals surface area (Å²) < 4.78 is 17.7. The number of rotatable bonds is 6. The van der Waals surface area contributed by atoms with Crippen molar-refractivity contribution in [2.45, 2.75) is 24.7 Å². The Bertz CT molecular complexity index is 699. The Morgan fingerprint density at radius 2 is 1.83 bits per heavy atom. The molecule has 2 aliphatic rings. The number of hydrogen-bond donors (Lipinski definition) is 1. The van der Waals surface area contributed by atoms with E-state index in [1.54, 1.807) is 0 Å². The van der Waals surface area contributed by atoms with Gasteiger partial charge in [0.15, 0.2) is 5.96 Å². The maximum atomic E-state index is 12.7. The number of carbonyl (C=O) groups is 1. The molecule has 2 saturated heterocycles. The Morgan fingerprint density at radius 3 is 2.48 bits per heavy atom. The molecule has 0 saturated carbocycles. The summed E-state index contributed by atoms with van der Waals surface area (Å²) in [6.45, 7) is 7.68. The van der Waals surface area contributed by atoms with Crippen LogP contribution in [0.3, 0.4) is 0 Å². The first-order chi connectivity index (χ1) is 14.2. The third-order valence-electron chi connectivity index (χ3n) is 5.35. The van der Waals surface area contributed by atoms with E-state index in [1.165, 1.54) is 0 Å². The van der Waals surface area contributed by atoms with Gasteiger partial charge < -0.3 is 19.9 Å². The fraction of sp³-hybridized carbons (Fsp3) is 0.619. The average Bonchev–Trinajstić information content (AvgIpc) is 2.79. The van der Waals surface area contributed by atoms with Gasteiger partial charge >= 0.3 is 0 Å². The van der Waals surface area contributed by atoms with Gasteiger partial charge in [-0.25, -0.2) is 0 Å². The number of carbonyl (C=O) groups excluding carboxylic acids is 1. The Hall–Kier alpha value is -1.93. The summed E-state index contributed by atoms with van der Waals surface area (Å²) in [5.41, 5.74) is 0. The largest absolute Gasteiger partial charge is 0.378 e. The number of piperidine rings is 1. The second-order valence-electron chi connectivity index (χ2n) is 7.30. The molecular weight excluding hydrogens is 388 g/mol. The highest BCUT2D eigenvalue weighted by molar-refractivity contribution is 7.85. The van der Waals surface area contributed by atoms with Crippen LogP contribution in [0.15, 0.2) is 40.2 Å². The first-order valence-electron chi connectivity index (χ1n) is 10.5. The van der Waals surface area contributed by atoms with E-state index in [4.69, 9.17) is 4.74 Å². The highest BCUT2D eigenvalue weighted by atomic mass is 32.2. The van der Waals surface area contributed by atoms with E-state index in [1.807, 2.05) is 42.2 Å². The molecular formula is C21H32N4O3S. The Morgan fingerprint density at radius 1 is 1.14 bits per heavy atom. The molecule has 29 heavy (non-hydrogen) atoms. The van der Waals surface area contributed by atoms with Crippen LogP contribution in [-0.4, -0.2) is 84.1 Å². The van der Waals surface area contributed by atoms with Crippen molar-refractivity contribution in [2.75, 3.05) is 58.2 Å². The lowest BCUT2D eigenvalue weighted by Crippen LogP contribution is -2.50. The van der Waals surface area contributed by atoms with Crippen LogP contribution in [0.25, 0.3) is 0 Å². The molecule has 1 aromatic rings. The highest BCUT2D eigenvalue weighted by Crippen LogP contribution is 2.20. The van der Waals surface area contributed by atoms with Crippen LogP contribution in [0.2, 0.25) is 0 Å². The zero-order valence-electron chi connectivity index (χ0n) is 17.2. The number of ether oxygens (including phenoxy) is 1. The summed E-state index contributed by atoms with van der Waals surface area (Å²) in [5.74, 6) is 1.73. The van der Waals surface area contributed by atoms with Gasteiger partial charge in [0.05, 0.1) is 30.6 Å². The molecule has 0 aromatic heterocycles. The number of likely N-dealkylation sites (tertiary alicyclic amines) is 1. The van der Waals surface area contributed by atoms with Crippen molar-refractivity contribution in [1.82, 2.24) is 15.1 Å². The molecule has 1 atom stereocenters. The smallest absolute Gasteiger partial charge is 0.225 e.